The highest BCUT2D eigenvalue weighted by Crippen LogP contribution is 2.27. The standard InChI is InChI=1S/C21H24Cl2N2O4/c1-4-18(21(27)24-2)25(12-14-6-5-7-16(10-14)28-3)20(26)13-29-19-9-8-15(22)11-17(19)23/h5-11,18H,4,12-13H2,1-3H3,(H,24,27)/t18-/m0/s1. The van der Waals surface area contributed by atoms with Crippen LogP contribution in [0.1, 0.15) is 18.9 Å². The average molecular weight is 439 g/mol. The lowest BCUT2D eigenvalue weighted by Gasteiger charge is -2.30. The Hall–Kier alpha value is -2.44. The Morgan fingerprint density at radius 2 is 1.93 bits per heavy atom. The number of methoxy groups -OCH3 is 1. The van der Waals surface area contributed by atoms with Gasteiger partial charge in [-0.3, -0.25) is 9.59 Å². The van der Waals surface area contributed by atoms with Crippen LogP contribution in [0.3, 0.4) is 0 Å². The summed E-state index contributed by atoms with van der Waals surface area (Å²) in [5.74, 6) is 0.438. The van der Waals surface area contributed by atoms with Crippen LogP contribution in [-0.2, 0) is 16.1 Å². The molecule has 0 aliphatic rings. The van der Waals surface area contributed by atoms with Crippen molar-refractivity contribution in [3.05, 3.63) is 58.1 Å². The fraction of sp³-hybridized carbons (Fsp3) is 0.333. The van der Waals surface area contributed by atoms with Crippen molar-refractivity contribution in [1.82, 2.24) is 10.2 Å². The summed E-state index contributed by atoms with van der Waals surface area (Å²) in [7, 11) is 3.12. The lowest BCUT2D eigenvalue weighted by Crippen LogP contribution is -2.49. The van der Waals surface area contributed by atoms with Crippen molar-refractivity contribution in [3.8, 4) is 11.5 Å². The van der Waals surface area contributed by atoms with Crippen LogP contribution in [0.15, 0.2) is 42.5 Å². The highest BCUT2D eigenvalue weighted by atomic mass is 35.5. The number of halogens is 2. The number of nitrogens with zero attached hydrogens (tertiary/aromatic N) is 1. The topological polar surface area (TPSA) is 67.9 Å². The molecule has 2 amide bonds. The van der Waals surface area contributed by atoms with Gasteiger partial charge in [-0.2, -0.15) is 0 Å². The van der Waals surface area contributed by atoms with Gasteiger partial charge in [0.05, 0.1) is 12.1 Å². The summed E-state index contributed by atoms with van der Waals surface area (Å²) in [4.78, 5) is 26.9. The van der Waals surface area contributed by atoms with Crippen LogP contribution in [-0.4, -0.2) is 43.5 Å². The molecule has 6 nitrogen and oxygen atoms in total. The van der Waals surface area contributed by atoms with Crippen LogP contribution in [0.25, 0.3) is 0 Å². The molecular weight excluding hydrogens is 415 g/mol. The van der Waals surface area contributed by atoms with Gasteiger partial charge in [0.15, 0.2) is 6.61 Å². The van der Waals surface area contributed by atoms with E-state index in [-0.39, 0.29) is 25.0 Å². The van der Waals surface area contributed by atoms with E-state index in [4.69, 9.17) is 32.7 Å². The molecule has 1 N–H and O–H groups in total. The molecule has 0 bridgehead atoms. The van der Waals surface area contributed by atoms with Crippen molar-refractivity contribution in [2.45, 2.75) is 25.9 Å². The highest BCUT2D eigenvalue weighted by Gasteiger charge is 2.28. The van der Waals surface area contributed by atoms with E-state index in [1.54, 1.807) is 26.3 Å². The normalized spacial score (nSPS) is 11.5. The van der Waals surface area contributed by atoms with Gasteiger partial charge < -0.3 is 19.7 Å². The predicted molar refractivity (Wildman–Crippen MR) is 114 cm³/mol. The summed E-state index contributed by atoms with van der Waals surface area (Å²) in [5.41, 5.74) is 0.838. The molecule has 2 rings (SSSR count). The molecule has 0 saturated heterocycles. The van der Waals surface area contributed by atoms with E-state index in [1.165, 1.54) is 11.0 Å². The predicted octanol–water partition coefficient (Wildman–Crippen LogP) is 3.93. The van der Waals surface area contributed by atoms with Crippen molar-refractivity contribution >= 4 is 35.0 Å². The summed E-state index contributed by atoms with van der Waals surface area (Å²) < 4.78 is 10.8. The Morgan fingerprint density at radius 1 is 1.17 bits per heavy atom. The monoisotopic (exact) mass is 438 g/mol. The third-order valence-electron chi connectivity index (χ3n) is 4.36. The summed E-state index contributed by atoms with van der Waals surface area (Å²) in [6.45, 7) is 1.82. The molecular formula is C21H24Cl2N2O4. The number of carbonyl (C=O) groups excluding carboxylic acids is 2. The fourth-order valence-corrected chi connectivity index (χ4v) is 3.33. The minimum Gasteiger partial charge on any atom is -0.497 e. The molecule has 0 spiro atoms. The smallest absolute Gasteiger partial charge is 0.261 e. The minimum atomic E-state index is -0.636. The second-order valence-corrected chi connectivity index (χ2v) is 7.12. The van der Waals surface area contributed by atoms with Gasteiger partial charge in [0.1, 0.15) is 17.5 Å². The van der Waals surface area contributed by atoms with Gasteiger partial charge in [-0.05, 0) is 42.3 Å². The largest absolute Gasteiger partial charge is 0.497 e. The molecule has 29 heavy (non-hydrogen) atoms. The number of hydrogen-bond acceptors (Lipinski definition) is 4. The van der Waals surface area contributed by atoms with Gasteiger partial charge in [-0.15, -0.1) is 0 Å². The van der Waals surface area contributed by atoms with E-state index >= 15 is 0 Å². The van der Waals surface area contributed by atoms with E-state index in [2.05, 4.69) is 5.32 Å². The third-order valence-corrected chi connectivity index (χ3v) is 4.89. The van der Waals surface area contributed by atoms with Crippen molar-refractivity contribution in [1.29, 1.82) is 0 Å². The van der Waals surface area contributed by atoms with E-state index in [1.807, 2.05) is 31.2 Å². The van der Waals surface area contributed by atoms with Crippen molar-refractivity contribution in [2.24, 2.45) is 0 Å². The Labute approximate surface area is 180 Å². The van der Waals surface area contributed by atoms with Crippen LogP contribution in [0.2, 0.25) is 10.0 Å². The second kappa shape index (κ2) is 10.9. The van der Waals surface area contributed by atoms with Gasteiger partial charge in [-0.1, -0.05) is 42.3 Å². The molecule has 0 aromatic heterocycles. The first-order chi connectivity index (χ1) is 13.9. The summed E-state index contributed by atoms with van der Waals surface area (Å²) >= 11 is 12.0. The Bertz CT molecular complexity index is 860. The Kier molecular flexibility index (Phi) is 8.61. The zero-order chi connectivity index (χ0) is 21.4. The Balaban J connectivity index is 2.22. The Morgan fingerprint density at radius 3 is 2.55 bits per heavy atom. The molecule has 0 aliphatic carbocycles. The molecule has 2 aromatic carbocycles. The molecule has 2 aromatic rings. The summed E-state index contributed by atoms with van der Waals surface area (Å²) in [5, 5.41) is 3.39. The SMILES string of the molecule is CC[C@@H](C(=O)NC)N(Cc1cccc(OC)c1)C(=O)COc1ccc(Cl)cc1Cl. The zero-order valence-corrected chi connectivity index (χ0v) is 18.1. The lowest BCUT2D eigenvalue weighted by molar-refractivity contribution is -0.142. The van der Waals surface area contributed by atoms with E-state index < -0.39 is 6.04 Å². The van der Waals surface area contributed by atoms with Crippen LogP contribution in [0, 0.1) is 0 Å². The average Bonchev–Trinajstić information content (AvgIpc) is 2.72. The maximum absolute atomic E-state index is 13.0. The number of benzene rings is 2. The number of hydrogen-bond donors (Lipinski definition) is 1. The van der Waals surface area contributed by atoms with E-state index in [9.17, 15) is 9.59 Å². The van der Waals surface area contributed by atoms with Gasteiger partial charge in [-0.25, -0.2) is 0 Å². The number of nitrogens with one attached hydrogen (secondary N) is 1. The molecule has 0 radical (unpaired) electrons. The van der Waals surface area contributed by atoms with Crippen LogP contribution in [0.4, 0.5) is 0 Å². The van der Waals surface area contributed by atoms with Crippen LogP contribution >= 0.6 is 23.2 Å². The van der Waals surface area contributed by atoms with Crippen molar-refractivity contribution in [3.63, 3.8) is 0 Å². The zero-order valence-electron chi connectivity index (χ0n) is 16.6. The van der Waals surface area contributed by atoms with Gasteiger partial charge in [0.2, 0.25) is 5.91 Å². The molecule has 0 saturated carbocycles. The first-order valence-corrected chi connectivity index (χ1v) is 9.87. The lowest BCUT2D eigenvalue weighted by atomic mass is 10.1. The summed E-state index contributed by atoms with van der Waals surface area (Å²) in [6, 6.07) is 11.5. The highest BCUT2D eigenvalue weighted by molar-refractivity contribution is 6.35. The van der Waals surface area contributed by atoms with Crippen LogP contribution < -0.4 is 14.8 Å². The molecule has 156 valence electrons. The number of carbonyl (C=O) groups is 2. The molecule has 0 aliphatic heterocycles. The van der Waals surface area contributed by atoms with E-state index in [0.29, 0.717) is 28.0 Å². The third kappa shape index (κ3) is 6.27. The second-order valence-electron chi connectivity index (χ2n) is 6.27. The van der Waals surface area contributed by atoms with Crippen molar-refractivity contribution < 1.29 is 19.1 Å². The first kappa shape index (κ1) is 22.8. The van der Waals surface area contributed by atoms with Crippen LogP contribution in [0.5, 0.6) is 11.5 Å². The van der Waals surface area contributed by atoms with E-state index in [0.717, 1.165) is 5.56 Å². The van der Waals surface area contributed by atoms with Gasteiger partial charge in [0.25, 0.3) is 5.91 Å². The molecule has 8 heteroatoms. The molecule has 0 unspecified atom stereocenters. The first-order valence-electron chi connectivity index (χ1n) is 9.11. The molecule has 0 fully saturated rings. The number of rotatable bonds is 9. The fourth-order valence-electron chi connectivity index (χ4n) is 2.87. The van der Waals surface area contributed by atoms with Crippen molar-refractivity contribution in [2.75, 3.05) is 20.8 Å². The maximum atomic E-state index is 13.0. The minimum absolute atomic E-state index is 0.236. The maximum Gasteiger partial charge on any atom is 0.261 e. The molecule has 1 atom stereocenters. The quantitative estimate of drug-likeness (QED) is 0.643. The number of likely N-dealkylation sites (N-methyl/N-ethyl adjacent to an activating group) is 1. The number of amides is 2. The summed E-state index contributed by atoms with van der Waals surface area (Å²) in [6.07, 6.45) is 0.455. The van der Waals surface area contributed by atoms with Gasteiger partial charge >= 0.3 is 0 Å². The van der Waals surface area contributed by atoms with Gasteiger partial charge in [0, 0.05) is 18.6 Å². The molecule has 0 heterocycles. The number of ether oxygens (including phenoxy) is 2.